The van der Waals surface area contributed by atoms with Crippen LogP contribution in [0.5, 0.6) is 5.75 Å². The van der Waals surface area contributed by atoms with E-state index in [2.05, 4.69) is 9.82 Å². The van der Waals surface area contributed by atoms with Crippen LogP contribution in [0.1, 0.15) is 20.7 Å². The van der Waals surface area contributed by atoms with E-state index in [-0.39, 0.29) is 16.9 Å². The fourth-order valence-corrected chi connectivity index (χ4v) is 1.58. The standard InChI is InChI=1S/C14H11FN2O4/c1-20-11-6-2-5-10(15)12(11)13(18)17-21-14(19)9-4-3-7-16-8-9/h2-8H,1H3,(H,17,18). The molecular weight excluding hydrogens is 279 g/mol. The highest BCUT2D eigenvalue weighted by molar-refractivity contribution is 5.98. The van der Waals surface area contributed by atoms with Crippen molar-refractivity contribution in [1.29, 1.82) is 0 Å². The number of halogens is 1. The van der Waals surface area contributed by atoms with Crippen LogP contribution in [-0.4, -0.2) is 24.0 Å². The number of aromatic nitrogens is 1. The Balaban J connectivity index is 2.08. The van der Waals surface area contributed by atoms with Crippen LogP contribution in [0.3, 0.4) is 0 Å². The second-order valence-corrected chi connectivity index (χ2v) is 3.88. The Hall–Kier alpha value is -2.96. The van der Waals surface area contributed by atoms with Crippen LogP contribution in [0.25, 0.3) is 0 Å². The van der Waals surface area contributed by atoms with Crippen molar-refractivity contribution in [3.8, 4) is 5.75 Å². The van der Waals surface area contributed by atoms with E-state index < -0.39 is 17.7 Å². The molecule has 2 aromatic rings. The first-order valence-electron chi connectivity index (χ1n) is 5.87. The largest absolute Gasteiger partial charge is 0.496 e. The van der Waals surface area contributed by atoms with E-state index in [1.807, 2.05) is 5.48 Å². The van der Waals surface area contributed by atoms with Crippen molar-refractivity contribution in [2.75, 3.05) is 7.11 Å². The van der Waals surface area contributed by atoms with Crippen molar-refractivity contribution < 1.29 is 23.6 Å². The molecule has 0 saturated carbocycles. The first-order valence-corrected chi connectivity index (χ1v) is 5.87. The van der Waals surface area contributed by atoms with Gasteiger partial charge in [0.05, 0.1) is 12.7 Å². The average Bonchev–Trinajstić information content (AvgIpc) is 2.52. The first-order chi connectivity index (χ1) is 10.1. The van der Waals surface area contributed by atoms with Crippen LogP contribution >= 0.6 is 0 Å². The van der Waals surface area contributed by atoms with Crippen LogP contribution in [-0.2, 0) is 4.84 Å². The van der Waals surface area contributed by atoms with Crippen molar-refractivity contribution >= 4 is 11.9 Å². The summed E-state index contributed by atoms with van der Waals surface area (Å²) in [4.78, 5) is 31.8. The van der Waals surface area contributed by atoms with Gasteiger partial charge in [-0.05, 0) is 24.3 Å². The zero-order chi connectivity index (χ0) is 15.2. The maximum absolute atomic E-state index is 13.6. The molecule has 6 nitrogen and oxygen atoms in total. The zero-order valence-electron chi connectivity index (χ0n) is 11.0. The summed E-state index contributed by atoms with van der Waals surface area (Å²) in [5.74, 6) is -2.50. The molecule has 0 saturated heterocycles. The third-order valence-corrected chi connectivity index (χ3v) is 2.56. The van der Waals surface area contributed by atoms with Gasteiger partial charge in [0.2, 0.25) is 0 Å². The molecule has 108 valence electrons. The third kappa shape index (κ3) is 3.33. The summed E-state index contributed by atoms with van der Waals surface area (Å²) in [5, 5.41) is 0. The van der Waals surface area contributed by atoms with Crippen LogP contribution in [0.2, 0.25) is 0 Å². The minimum Gasteiger partial charge on any atom is -0.496 e. The number of benzene rings is 1. The Morgan fingerprint density at radius 1 is 1.24 bits per heavy atom. The van der Waals surface area contributed by atoms with Gasteiger partial charge in [-0.25, -0.2) is 9.18 Å². The molecule has 0 radical (unpaired) electrons. The van der Waals surface area contributed by atoms with Gasteiger partial charge in [0.25, 0.3) is 5.91 Å². The van der Waals surface area contributed by atoms with Gasteiger partial charge in [-0.3, -0.25) is 9.78 Å². The molecule has 0 unspecified atom stereocenters. The van der Waals surface area contributed by atoms with E-state index in [0.717, 1.165) is 6.07 Å². The number of nitrogens with one attached hydrogen (secondary N) is 1. The number of rotatable bonds is 3. The number of nitrogens with zero attached hydrogens (tertiary/aromatic N) is 1. The van der Waals surface area contributed by atoms with Crippen LogP contribution in [0.15, 0.2) is 42.7 Å². The third-order valence-electron chi connectivity index (χ3n) is 2.56. The summed E-state index contributed by atoms with van der Waals surface area (Å²) < 4.78 is 18.5. The number of hydroxylamine groups is 1. The summed E-state index contributed by atoms with van der Waals surface area (Å²) in [5.41, 5.74) is 1.68. The maximum atomic E-state index is 13.6. The Morgan fingerprint density at radius 2 is 2.05 bits per heavy atom. The molecule has 0 spiro atoms. The first kappa shape index (κ1) is 14.4. The van der Waals surface area contributed by atoms with Crippen molar-refractivity contribution in [2.24, 2.45) is 0 Å². The summed E-state index contributed by atoms with van der Waals surface area (Å²) in [7, 11) is 1.30. The molecule has 1 amide bonds. The number of pyridine rings is 1. The lowest BCUT2D eigenvalue weighted by atomic mass is 10.2. The summed E-state index contributed by atoms with van der Waals surface area (Å²) in [6.45, 7) is 0. The van der Waals surface area contributed by atoms with Crippen molar-refractivity contribution in [2.45, 2.75) is 0 Å². The lowest BCUT2D eigenvalue weighted by Crippen LogP contribution is -2.28. The second-order valence-electron chi connectivity index (χ2n) is 3.88. The highest BCUT2D eigenvalue weighted by Gasteiger charge is 2.19. The number of methoxy groups -OCH3 is 1. The maximum Gasteiger partial charge on any atom is 0.364 e. The van der Waals surface area contributed by atoms with Crippen LogP contribution in [0.4, 0.5) is 4.39 Å². The smallest absolute Gasteiger partial charge is 0.364 e. The predicted molar refractivity (Wildman–Crippen MR) is 70.1 cm³/mol. The fourth-order valence-electron chi connectivity index (χ4n) is 1.58. The van der Waals surface area contributed by atoms with Gasteiger partial charge in [0.1, 0.15) is 17.1 Å². The van der Waals surface area contributed by atoms with Crippen molar-refractivity contribution in [3.05, 3.63) is 59.7 Å². The Kier molecular flexibility index (Phi) is 4.45. The highest BCUT2D eigenvalue weighted by Crippen LogP contribution is 2.20. The molecule has 0 atom stereocenters. The Bertz CT molecular complexity index is 661. The lowest BCUT2D eigenvalue weighted by molar-refractivity contribution is 0.0227. The van der Waals surface area contributed by atoms with E-state index in [0.29, 0.717) is 0 Å². The molecule has 0 aliphatic heterocycles. The fraction of sp³-hybridized carbons (Fsp3) is 0.0714. The Morgan fingerprint density at radius 3 is 2.71 bits per heavy atom. The quantitative estimate of drug-likeness (QED) is 0.871. The van der Waals surface area contributed by atoms with Gasteiger partial charge in [-0.2, -0.15) is 5.48 Å². The predicted octanol–water partition coefficient (Wildman–Crippen LogP) is 1.73. The van der Waals surface area contributed by atoms with Crippen LogP contribution < -0.4 is 10.2 Å². The van der Waals surface area contributed by atoms with E-state index >= 15 is 0 Å². The molecule has 0 aliphatic rings. The number of hydrogen-bond acceptors (Lipinski definition) is 5. The molecule has 1 aromatic carbocycles. The van der Waals surface area contributed by atoms with Gasteiger partial charge in [-0.1, -0.05) is 6.07 Å². The Labute approximate surface area is 119 Å². The minimum atomic E-state index is -0.929. The normalized spacial score (nSPS) is 9.81. The van der Waals surface area contributed by atoms with E-state index in [1.165, 1.54) is 43.8 Å². The van der Waals surface area contributed by atoms with Gasteiger partial charge < -0.3 is 9.57 Å². The molecular formula is C14H11FN2O4. The molecule has 1 heterocycles. The zero-order valence-corrected chi connectivity index (χ0v) is 11.0. The monoisotopic (exact) mass is 290 g/mol. The van der Waals surface area contributed by atoms with Gasteiger partial charge in [0.15, 0.2) is 0 Å². The van der Waals surface area contributed by atoms with Crippen molar-refractivity contribution in [3.63, 3.8) is 0 Å². The van der Waals surface area contributed by atoms with E-state index in [1.54, 1.807) is 0 Å². The molecule has 2 rings (SSSR count). The molecule has 1 N–H and O–H groups in total. The molecule has 21 heavy (non-hydrogen) atoms. The van der Waals surface area contributed by atoms with Crippen LogP contribution in [0, 0.1) is 5.82 Å². The number of amides is 1. The molecule has 0 aliphatic carbocycles. The topological polar surface area (TPSA) is 77.5 Å². The molecule has 0 fully saturated rings. The van der Waals surface area contributed by atoms with E-state index in [9.17, 15) is 14.0 Å². The highest BCUT2D eigenvalue weighted by atomic mass is 19.1. The van der Waals surface area contributed by atoms with Gasteiger partial charge in [0, 0.05) is 12.4 Å². The number of carbonyl (C=O) groups is 2. The summed E-state index contributed by atoms with van der Waals surface area (Å²) in [6.07, 6.45) is 2.76. The van der Waals surface area contributed by atoms with E-state index in [4.69, 9.17) is 4.74 Å². The summed E-state index contributed by atoms with van der Waals surface area (Å²) in [6, 6.07) is 6.91. The van der Waals surface area contributed by atoms with Gasteiger partial charge >= 0.3 is 5.97 Å². The lowest BCUT2D eigenvalue weighted by Gasteiger charge is -2.09. The molecule has 1 aromatic heterocycles. The SMILES string of the molecule is COc1cccc(F)c1C(=O)NOC(=O)c1cccnc1. The summed E-state index contributed by atoms with van der Waals surface area (Å²) >= 11 is 0. The number of carbonyl (C=O) groups excluding carboxylic acids is 2. The average molecular weight is 290 g/mol. The molecule has 0 bridgehead atoms. The minimum absolute atomic E-state index is 0.0323. The molecule has 7 heteroatoms. The van der Waals surface area contributed by atoms with Crippen molar-refractivity contribution in [1.82, 2.24) is 10.5 Å². The second kappa shape index (κ2) is 6.47. The number of hydrogen-bond donors (Lipinski definition) is 1. The number of ether oxygens (including phenoxy) is 1. The van der Waals surface area contributed by atoms with Gasteiger partial charge in [-0.15, -0.1) is 0 Å².